The van der Waals surface area contributed by atoms with Gasteiger partial charge in [0.05, 0.1) is 31.7 Å². The molecule has 3 aliphatic rings. The Morgan fingerprint density at radius 3 is 2.86 bits per heavy atom. The Labute approximate surface area is 224 Å². The summed E-state index contributed by atoms with van der Waals surface area (Å²) < 4.78 is 33.3. The van der Waals surface area contributed by atoms with Crippen LogP contribution in [0, 0.1) is 4.64 Å². The van der Waals surface area contributed by atoms with Crippen molar-refractivity contribution in [1.29, 1.82) is 0 Å². The summed E-state index contributed by atoms with van der Waals surface area (Å²) in [5, 5.41) is 0. The van der Waals surface area contributed by atoms with E-state index in [1.807, 2.05) is 16.7 Å². The molecule has 6 heterocycles. The van der Waals surface area contributed by atoms with Gasteiger partial charge in [0.25, 0.3) is 0 Å². The van der Waals surface area contributed by atoms with Crippen LogP contribution in [0.5, 0.6) is 0 Å². The van der Waals surface area contributed by atoms with Crippen molar-refractivity contribution in [2.75, 3.05) is 23.8 Å². The minimum absolute atomic E-state index is 0.125. The second-order valence-corrected chi connectivity index (χ2v) is 14.3. The van der Waals surface area contributed by atoms with E-state index in [2.05, 4.69) is 19.9 Å². The van der Waals surface area contributed by atoms with Crippen LogP contribution in [0.2, 0.25) is 0 Å². The average molecular weight is 587 g/mol. The van der Waals surface area contributed by atoms with Crippen LogP contribution in [0.1, 0.15) is 18.2 Å². The molecule has 36 heavy (non-hydrogen) atoms. The highest BCUT2D eigenvalue weighted by atomic mass is 33.1. The molecule has 6 atom stereocenters. The number of nitrogens with zero attached hydrogens (tertiary/aromatic N) is 4. The summed E-state index contributed by atoms with van der Waals surface area (Å²) in [6, 6.07) is 3.88. The molecule has 16 heteroatoms. The summed E-state index contributed by atoms with van der Waals surface area (Å²) in [5.41, 5.74) is 8.03. The first-order valence-electron chi connectivity index (χ1n) is 11.2. The fraction of sp³-hybridized carbons (Fsp3) is 0.500. The van der Waals surface area contributed by atoms with E-state index in [1.165, 1.54) is 0 Å². The van der Waals surface area contributed by atoms with E-state index in [0.717, 1.165) is 17.1 Å². The number of fused-ring (bicyclic) bond motifs is 2. The number of anilines is 1. The van der Waals surface area contributed by atoms with Crippen LogP contribution in [0.4, 0.5) is 5.95 Å². The zero-order valence-electron chi connectivity index (χ0n) is 18.8. The predicted molar refractivity (Wildman–Crippen MR) is 143 cm³/mol. The molecule has 11 nitrogen and oxygen atoms in total. The summed E-state index contributed by atoms with van der Waals surface area (Å²) in [4.78, 5) is 15.6. The molecule has 0 bridgehead atoms. The summed E-state index contributed by atoms with van der Waals surface area (Å²) in [6.45, 7) is -2.23. The normalized spacial score (nSPS) is 32.5. The van der Waals surface area contributed by atoms with E-state index in [0.29, 0.717) is 28.8 Å². The highest BCUT2D eigenvalue weighted by Crippen LogP contribution is 2.58. The van der Waals surface area contributed by atoms with Crippen LogP contribution < -0.4 is 5.73 Å². The number of hydrogen-bond donors (Lipinski definition) is 2. The predicted octanol–water partition coefficient (Wildman–Crippen LogP) is 3.76. The number of nitrogens with one attached hydrogen (secondary N) is 1. The molecular formula is C20H23N6O5PS4. The Morgan fingerprint density at radius 2 is 2.03 bits per heavy atom. The molecule has 192 valence electrons. The molecule has 6 rings (SSSR count). The van der Waals surface area contributed by atoms with E-state index in [4.69, 9.17) is 52.8 Å². The van der Waals surface area contributed by atoms with Crippen molar-refractivity contribution >= 4 is 69.4 Å². The molecule has 1 unspecified atom stereocenters. The lowest BCUT2D eigenvalue weighted by Crippen LogP contribution is -2.40. The highest BCUT2D eigenvalue weighted by molar-refractivity contribution is 8.76. The van der Waals surface area contributed by atoms with Gasteiger partial charge in [0, 0.05) is 30.3 Å². The number of nitrogen functional groups attached to an aromatic ring is 1. The highest BCUT2D eigenvalue weighted by Gasteiger charge is 2.47. The maximum atomic E-state index is 6.35. The molecule has 0 aliphatic carbocycles. The van der Waals surface area contributed by atoms with Crippen molar-refractivity contribution in [3.63, 3.8) is 0 Å². The Hall–Kier alpha value is -1.13. The smallest absolute Gasteiger partial charge is 0.328 e. The maximum Gasteiger partial charge on any atom is 0.328 e. The fourth-order valence-corrected chi connectivity index (χ4v) is 9.48. The lowest BCUT2D eigenvalue weighted by molar-refractivity contribution is -0.0736. The zero-order valence-corrected chi connectivity index (χ0v) is 23.0. The average Bonchev–Trinajstić information content (AvgIpc) is 3.47. The number of imidazole rings is 1. The van der Waals surface area contributed by atoms with Crippen molar-refractivity contribution in [3.05, 3.63) is 41.1 Å². The molecule has 0 aromatic carbocycles. The molecule has 3 aromatic rings. The van der Waals surface area contributed by atoms with Crippen molar-refractivity contribution in [3.8, 4) is 0 Å². The first kappa shape index (κ1) is 25.2. The van der Waals surface area contributed by atoms with Gasteiger partial charge in [-0.25, -0.2) is 4.98 Å². The third-order valence-corrected chi connectivity index (χ3v) is 11.1. The van der Waals surface area contributed by atoms with E-state index in [-0.39, 0.29) is 43.2 Å². The Bertz CT molecular complexity index is 1350. The minimum atomic E-state index is -2.99. The van der Waals surface area contributed by atoms with Crippen LogP contribution in [0.25, 0.3) is 11.2 Å². The van der Waals surface area contributed by atoms with Crippen LogP contribution >= 0.6 is 40.5 Å². The van der Waals surface area contributed by atoms with Crippen LogP contribution in [-0.2, 0) is 41.5 Å². The lowest BCUT2D eigenvalue weighted by Gasteiger charge is -2.38. The number of H-pyrrole nitrogens is 1. The number of ether oxygens (including phenoxy) is 2. The fourth-order valence-electron chi connectivity index (χ4n) is 4.25. The van der Waals surface area contributed by atoms with E-state index in [9.17, 15) is 0 Å². The summed E-state index contributed by atoms with van der Waals surface area (Å²) in [5.74, 6) is 1.75. The van der Waals surface area contributed by atoms with E-state index >= 15 is 0 Å². The Kier molecular flexibility index (Phi) is 7.38. The van der Waals surface area contributed by atoms with Gasteiger partial charge >= 0.3 is 6.72 Å². The molecule has 3 fully saturated rings. The molecule has 0 amide bonds. The van der Waals surface area contributed by atoms with Crippen molar-refractivity contribution in [2.24, 2.45) is 0 Å². The van der Waals surface area contributed by atoms with Gasteiger partial charge < -0.3 is 33.8 Å². The molecule has 0 saturated carbocycles. The molecule has 3 aliphatic heterocycles. The van der Waals surface area contributed by atoms with Gasteiger partial charge in [0.2, 0.25) is 5.95 Å². The van der Waals surface area contributed by atoms with Crippen molar-refractivity contribution in [2.45, 2.75) is 43.7 Å². The number of nitrogens with two attached hydrogens (primary N) is 1. The van der Waals surface area contributed by atoms with E-state index < -0.39 is 6.72 Å². The van der Waals surface area contributed by atoms with E-state index in [1.54, 1.807) is 40.3 Å². The van der Waals surface area contributed by atoms with Gasteiger partial charge in [-0.3, -0.25) is 9.55 Å². The second-order valence-electron chi connectivity index (χ2n) is 8.44. The van der Waals surface area contributed by atoms with Gasteiger partial charge in [-0.2, -0.15) is 4.98 Å². The lowest BCUT2D eigenvalue weighted by atomic mass is 10.2. The molecule has 0 radical (unpaired) electrons. The van der Waals surface area contributed by atoms with Crippen molar-refractivity contribution < 1.29 is 23.0 Å². The topological polar surface area (TPSA) is 132 Å². The number of hydrogen-bond acceptors (Lipinski definition) is 13. The zero-order chi connectivity index (χ0) is 24.7. The quantitative estimate of drug-likeness (QED) is 0.247. The SMILES string of the molecule is Nc1nc2c(ncn2[C@H]2C[C@@H]3O[P@](=S)(O[C@H]4CSSC[C@@H]4OCc4ccncc4)OCC3O2)c(=S)[nH]1. The first-order chi connectivity index (χ1) is 17.5. The Morgan fingerprint density at radius 1 is 1.22 bits per heavy atom. The largest absolute Gasteiger partial charge is 0.370 e. The number of aromatic nitrogens is 5. The molecular weight excluding hydrogens is 563 g/mol. The number of pyridine rings is 1. The van der Waals surface area contributed by atoms with Gasteiger partial charge in [-0.1, -0.05) is 33.8 Å². The monoisotopic (exact) mass is 586 g/mol. The molecule has 3 aromatic heterocycles. The standard InChI is InChI=1S/C20H23N6O5PS4/c21-20-24-18-17(19(33)25-20)23-10-26(18)16-5-12-13(29-16)7-28-32(34,30-12)31-15-9-36-35-8-14(15)27-6-11-1-3-22-4-2-11/h1-4,10,12-16H,5-9H2,(H3,21,24,25,33)/t12-,13?,14-,15-,16+,32-/m0/s1. The van der Waals surface area contributed by atoms with Crippen LogP contribution in [0.3, 0.4) is 0 Å². The summed E-state index contributed by atoms with van der Waals surface area (Å²) >= 11 is 11.1. The third kappa shape index (κ3) is 5.23. The van der Waals surface area contributed by atoms with Crippen LogP contribution in [0.15, 0.2) is 30.9 Å². The van der Waals surface area contributed by atoms with Crippen LogP contribution in [-0.4, -0.2) is 67.0 Å². The Balaban J connectivity index is 1.12. The molecule has 3 N–H and O–H groups in total. The van der Waals surface area contributed by atoms with Gasteiger partial charge in [0.1, 0.15) is 28.6 Å². The molecule has 0 spiro atoms. The maximum absolute atomic E-state index is 6.35. The van der Waals surface area contributed by atoms with Gasteiger partial charge in [-0.05, 0) is 29.5 Å². The van der Waals surface area contributed by atoms with Gasteiger partial charge in [-0.15, -0.1) is 0 Å². The summed E-state index contributed by atoms with van der Waals surface area (Å²) in [7, 11) is 3.50. The minimum Gasteiger partial charge on any atom is -0.370 e. The number of aromatic amines is 1. The second kappa shape index (κ2) is 10.6. The van der Waals surface area contributed by atoms with Crippen molar-refractivity contribution in [1.82, 2.24) is 24.5 Å². The number of rotatable bonds is 6. The first-order valence-corrected chi connectivity index (χ1v) is 16.7. The molecule has 3 saturated heterocycles. The summed E-state index contributed by atoms with van der Waals surface area (Å²) in [6.07, 6.45) is 4.43. The van der Waals surface area contributed by atoms with Gasteiger partial charge in [0.15, 0.2) is 5.65 Å². The third-order valence-electron chi connectivity index (χ3n) is 6.04.